The minimum atomic E-state index is -1.13. The highest BCUT2D eigenvalue weighted by Crippen LogP contribution is 2.78. The Bertz CT molecular complexity index is 1200. The van der Waals surface area contributed by atoms with Gasteiger partial charge < -0.3 is 4.74 Å². The lowest BCUT2D eigenvalue weighted by Gasteiger charge is -2.68. The van der Waals surface area contributed by atoms with E-state index in [4.69, 9.17) is 4.74 Å². The van der Waals surface area contributed by atoms with Crippen molar-refractivity contribution >= 4 is 17.5 Å². The summed E-state index contributed by atoms with van der Waals surface area (Å²) >= 11 is 0. The molecule has 0 radical (unpaired) electrons. The van der Waals surface area contributed by atoms with Crippen molar-refractivity contribution in [3.8, 4) is 6.07 Å². The van der Waals surface area contributed by atoms with Crippen LogP contribution in [0.5, 0.6) is 0 Å². The van der Waals surface area contributed by atoms with Crippen LogP contribution in [0.25, 0.3) is 0 Å². The molecule has 2 bridgehead atoms. The molecule has 0 amide bonds. The van der Waals surface area contributed by atoms with E-state index in [0.29, 0.717) is 0 Å². The monoisotopic (exact) mass is 475 g/mol. The zero-order valence-corrected chi connectivity index (χ0v) is 21.9. The van der Waals surface area contributed by atoms with Crippen molar-refractivity contribution in [2.24, 2.45) is 44.8 Å². The number of Topliss-reactive ketones (excluding diaryl/α,β-unsaturated/α-hetero) is 1. The summed E-state index contributed by atoms with van der Waals surface area (Å²) in [5.41, 5.74) is -1.80. The first-order valence-electron chi connectivity index (χ1n) is 13.4. The molecule has 35 heavy (non-hydrogen) atoms. The molecule has 1 aliphatic heterocycles. The van der Waals surface area contributed by atoms with Crippen LogP contribution >= 0.6 is 0 Å². The lowest BCUT2D eigenvalue weighted by Crippen LogP contribution is -2.71. The number of carbonyl (C=O) groups excluding carboxylic acids is 3. The van der Waals surface area contributed by atoms with Gasteiger partial charge in [-0.2, -0.15) is 5.26 Å². The van der Waals surface area contributed by atoms with Crippen LogP contribution in [0.15, 0.2) is 23.3 Å². The lowest BCUT2D eigenvalue weighted by molar-refractivity contribution is -0.205. The molecule has 0 aromatic rings. The van der Waals surface area contributed by atoms with Crippen LogP contribution in [0.2, 0.25) is 0 Å². The smallest absolute Gasteiger partial charge is 0.313 e. The van der Waals surface area contributed by atoms with Gasteiger partial charge in [-0.15, -0.1) is 0 Å². The van der Waals surface area contributed by atoms with Gasteiger partial charge in [-0.1, -0.05) is 47.6 Å². The molecule has 1 spiro atoms. The number of allylic oxidation sites excluding steroid dienone is 3. The van der Waals surface area contributed by atoms with Gasteiger partial charge in [0.1, 0.15) is 6.07 Å². The van der Waals surface area contributed by atoms with Crippen molar-refractivity contribution in [3.05, 3.63) is 23.3 Å². The molecule has 5 heteroatoms. The van der Waals surface area contributed by atoms with Crippen LogP contribution in [0.3, 0.4) is 0 Å². The number of hydrogen-bond acceptors (Lipinski definition) is 5. The van der Waals surface area contributed by atoms with E-state index in [-0.39, 0.29) is 51.7 Å². The lowest BCUT2D eigenvalue weighted by atomic mass is 9.34. The summed E-state index contributed by atoms with van der Waals surface area (Å²) in [4.78, 5) is 40.9. The van der Waals surface area contributed by atoms with Crippen molar-refractivity contribution in [2.45, 2.75) is 92.1 Å². The largest absolute Gasteiger partial charge is 0.449 e. The Morgan fingerprint density at radius 1 is 1.00 bits per heavy atom. The van der Waals surface area contributed by atoms with E-state index in [1.165, 1.54) is 0 Å². The predicted octanol–water partition coefficient (Wildman–Crippen LogP) is 5.50. The number of nitrogens with zero attached hydrogens (tertiary/aromatic N) is 1. The quantitative estimate of drug-likeness (QED) is 0.432. The third-order valence-electron chi connectivity index (χ3n) is 12.3. The average molecular weight is 476 g/mol. The van der Waals surface area contributed by atoms with Gasteiger partial charge in [-0.25, -0.2) is 0 Å². The topological polar surface area (TPSA) is 84.2 Å². The van der Waals surface area contributed by atoms with Gasteiger partial charge in [-0.3, -0.25) is 14.4 Å². The summed E-state index contributed by atoms with van der Waals surface area (Å²) in [5, 5.41) is 9.74. The summed E-state index contributed by atoms with van der Waals surface area (Å²) in [7, 11) is 0. The van der Waals surface area contributed by atoms with Crippen LogP contribution in [0, 0.1) is 56.2 Å². The molecule has 186 valence electrons. The zero-order chi connectivity index (χ0) is 25.4. The number of ketones is 2. The Morgan fingerprint density at radius 2 is 1.69 bits per heavy atom. The van der Waals surface area contributed by atoms with Crippen molar-refractivity contribution in [2.75, 3.05) is 0 Å². The molecule has 0 N–H and O–H groups in total. The van der Waals surface area contributed by atoms with Crippen molar-refractivity contribution in [1.29, 1.82) is 5.26 Å². The van der Waals surface area contributed by atoms with Crippen molar-refractivity contribution in [1.82, 2.24) is 0 Å². The molecule has 6 aliphatic rings. The predicted molar refractivity (Wildman–Crippen MR) is 130 cm³/mol. The number of nitriles is 1. The van der Waals surface area contributed by atoms with Crippen LogP contribution in [-0.2, 0) is 19.1 Å². The summed E-state index contributed by atoms with van der Waals surface area (Å²) in [6, 6.07) is 2.13. The number of ether oxygens (including phenoxy) is 1. The molecule has 6 rings (SSSR count). The van der Waals surface area contributed by atoms with E-state index < -0.39 is 21.8 Å². The fraction of sp³-hybridized carbons (Fsp3) is 0.733. The highest BCUT2D eigenvalue weighted by atomic mass is 16.6. The number of fused-ring (bicyclic) bond motifs is 4. The van der Waals surface area contributed by atoms with Gasteiger partial charge in [0.05, 0.1) is 11.0 Å². The zero-order valence-electron chi connectivity index (χ0n) is 21.9. The third-order valence-corrected chi connectivity index (χ3v) is 12.3. The van der Waals surface area contributed by atoms with Crippen molar-refractivity contribution in [3.63, 3.8) is 0 Å². The van der Waals surface area contributed by atoms with Crippen LogP contribution < -0.4 is 0 Å². The van der Waals surface area contributed by atoms with Crippen LogP contribution in [-0.4, -0.2) is 23.1 Å². The summed E-state index contributed by atoms with van der Waals surface area (Å²) in [5.74, 6) is -0.608. The Kier molecular flexibility index (Phi) is 4.22. The van der Waals surface area contributed by atoms with E-state index in [9.17, 15) is 19.6 Å². The summed E-state index contributed by atoms with van der Waals surface area (Å²) < 4.78 is 6.43. The molecule has 1 heterocycles. The van der Waals surface area contributed by atoms with Gasteiger partial charge in [0.15, 0.2) is 17.2 Å². The van der Waals surface area contributed by atoms with Gasteiger partial charge in [-0.05, 0) is 73.3 Å². The number of hydrogen-bond donors (Lipinski definition) is 0. The summed E-state index contributed by atoms with van der Waals surface area (Å²) in [6.45, 7) is 13.0. The second-order valence-electron chi connectivity index (χ2n) is 14.0. The fourth-order valence-electron chi connectivity index (χ4n) is 10.1. The number of esters is 1. The molecule has 5 nitrogen and oxygen atoms in total. The van der Waals surface area contributed by atoms with E-state index in [2.05, 4.69) is 40.7 Å². The molecular formula is C30H37NO4. The third kappa shape index (κ3) is 2.30. The molecule has 0 aromatic carbocycles. The van der Waals surface area contributed by atoms with Gasteiger partial charge in [0.2, 0.25) is 0 Å². The van der Waals surface area contributed by atoms with E-state index in [1.54, 1.807) is 6.08 Å². The Hall–Kier alpha value is -2.22. The molecule has 5 aliphatic carbocycles. The van der Waals surface area contributed by atoms with Crippen LogP contribution in [0.4, 0.5) is 0 Å². The Balaban J connectivity index is 1.59. The minimum absolute atomic E-state index is 0.0549. The van der Waals surface area contributed by atoms with Crippen molar-refractivity contribution < 1.29 is 19.1 Å². The van der Waals surface area contributed by atoms with E-state index in [1.807, 2.05) is 13.0 Å². The molecular weight excluding hydrogens is 438 g/mol. The first-order chi connectivity index (χ1) is 16.2. The second kappa shape index (κ2) is 6.36. The Morgan fingerprint density at radius 3 is 2.37 bits per heavy atom. The first-order valence-corrected chi connectivity index (χ1v) is 13.4. The first kappa shape index (κ1) is 23.2. The normalized spacial score (nSPS) is 51.6. The van der Waals surface area contributed by atoms with E-state index in [0.717, 1.165) is 50.5 Å². The Labute approximate surface area is 208 Å². The highest BCUT2D eigenvalue weighted by Gasteiger charge is 2.82. The number of carbonyl (C=O) groups is 3. The second-order valence-corrected chi connectivity index (χ2v) is 14.0. The standard InChI is InChI=1S/C30H37NO4/c1-17-19-7-8-27(5)20(26(19,4)14-18(16-31)23(17)33)13-22(32)30-21-15-25(2,3)9-11-29(21,24(34)35-30)12-10-28(27,30)6/h13-14,17,19,21H,7-12,15H2,1-6H3/t17-,19-,21?,26-,27+,28-,29-,30+/m0/s1. The number of rotatable bonds is 0. The van der Waals surface area contributed by atoms with E-state index >= 15 is 0 Å². The highest BCUT2D eigenvalue weighted by molar-refractivity contribution is 6.06. The average Bonchev–Trinajstić information content (AvgIpc) is 2.98. The van der Waals surface area contributed by atoms with Gasteiger partial charge in [0, 0.05) is 22.7 Å². The molecule has 8 atom stereocenters. The van der Waals surface area contributed by atoms with Gasteiger partial charge in [0.25, 0.3) is 0 Å². The SMILES string of the molecule is C[C@@H]1C(=O)C(C#N)=C[C@]2(C)C3=CC(=O)[C@]45OC(=O)[C@@]6(CCC(C)(C)CC64)CC[C@@]5(C)[C@]3(C)CC[C@@H]12. The van der Waals surface area contributed by atoms with Gasteiger partial charge >= 0.3 is 5.97 Å². The summed E-state index contributed by atoms with van der Waals surface area (Å²) in [6.07, 6.45) is 9.51. The van der Waals surface area contributed by atoms with Crippen LogP contribution in [0.1, 0.15) is 86.5 Å². The molecule has 0 aromatic heterocycles. The maximum Gasteiger partial charge on any atom is 0.313 e. The molecule has 1 saturated heterocycles. The minimum Gasteiger partial charge on any atom is -0.449 e. The molecule has 4 fully saturated rings. The molecule has 1 unspecified atom stereocenters. The maximum absolute atomic E-state index is 14.4. The fourth-order valence-corrected chi connectivity index (χ4v) is 10.1. The molecule has 3 saturated carbocycles. The maximum atomic E-state index is 14.4.